The van der Waals surface area contributed by atoms with Crippen molar-refractivity contribution in [1.29, 1.82) is 0 Å². The van der Waals surface area contributed by atoms with E-state index in [-0.39, 0.29) is 22.6 Å². The van der Waals surface area contributed by atoms with Gasteiger partial charge in [0.2, 0.25) is 0 Å². The lowest BCUT2D eigenvalue weighted by Crippen LogP contribution is -2.41. The number of benzene rings is 4. The first-order valence-electron chi connectivity index (χ1n) is 14.5. The van der Waals surface area contributed by atoms with Crippen LogP contribution in [-0.2, 0) is 17.4 Å². The van der Waals surface area contributed by atoms with Crippen molar-refractivity contribution in [3.05, 3.63) is 130 Å². The summed E-state index contributed by atoms with van der Waals surface area (Å²) in [7, 11) is 1.58. The van der Waals surface area contributed by atoms with Crippen molar-refractivity contribution in [2.24, 2.45) is 0 Å². The van der Waals surface area contributed by atoms with E-state index >= 15 is 0 Å². The number of nitrogens with one attached hydrogen (secondary N) is 2. The standard InChI is InChI=1S/C37H42N2O4/c1-36(2,3)29-18-13-26(14-19-29)34(40)38-33(39-35(41)27-15-20-30(21-16-27)37(4,5)6)28-17-22-31(42-7)32(23-28)43-24-25-11-9-8-10-12-25/h8-23,33H,24H2,1-7H3,(H,38,40)(H,39,41). The summed E-state index contributed by atoms with van der Waals surface area (Å²) in [4.78, 5) is 26.9. The van der Waals surface area contributed by atoms with Crippen LogP contribution < -0.4 is 20.1 Å². The van der Waals surface area contributed by atoms with Crippen molar-refractivity contribution in [2.45, 2.75) is 65.1 Å². The van der Waals surface area contributed by atoms with Crippen molar-refractivity contribution in [3.8, 4) is 11.5 Å². The van der Waals surface area contributed by atoms with Crippen LogP contribution in [0.15, 0.2) is 97.1 Å². The SMILES string of the molecule is COc1ccc(C(NC(=O)c2ccc(C(C)(C)C)cc2)NC(=O)c2ccc(C(C)(C)C)cc2)cc1OCc1ccccc1. The van der Waals surface area contributed by atoms with Crippen LogP contribution in [0.2, 0.25) is 0 Å². The number of methoxy groups -OCH3 is 1. The van der Waals surface area contributed by atoms with Crippen molar-refractivity contribution >= 4 is 11.8 Å². The van der Waals surface area contributed by atoms with Crippen LogP contribution >= 0.6 is 0 Å². The smallest absolute Gasteiger partial charge is 0.253 e. The fraction of sp³-hybridized carbons (Fsp3) is 0.297. The van der Waals surface area contributed by atoms with Crippen molar-refractivity contribution in [2.75, 3.05) is 7.11 Å². The molecule has 2 N–H and O–H groups in total. The minimum atomic E-state index is -0.838. The molecule has 0 radical (unpaired) electrons. The molecule has 2 amide bonds. The van der Waals surface area contributed by atoms with Gasteiger partial charge in [0.1, 0.15) is 12.8 Å². The highest BCUT2D eigenvalue weighted by Crippen LogP contribution is 2.31. The highest BCUT2D eigenvalue weighted by Gasteiger charge is 2.22. The Balaban J connectivity index is 1.63. The van der Waals surface area contributed by atoms with Crippen LogP contribution in [-0.4, -0.2) is 18.9 Å². The number of amides is 2. The van der Waals surface area contributed by atoms with Gasteiger partial charge in [0.05, 0.1) is 7.11 Å². The fourth-order valence-electron chi connectivity index (χ4n) is 4.60. The minimum Gasteiger partial charge on any atom is -0.493 e. The number of hydrogen-bond acceptors (Lipinski definition) is 4. The Kier molecular flexibility index (Phi) is 9.59. The molecule has 0 fully saturated rings. The lowest BCUT2D eigenvalue weighted by molar-refractivity contribution is 0.0883. The maximum atomic E-state index is 13.5. The third-order valence-electron chi connectivity index (χ3n) is 7.34. The molecule has 224 valence electrons. The summed E-state index contributed by atoms with van der Waals surface area (Å²) in [5.74, 6) is 0.431. The molecule has 4 aromatic carbocycles. The van der Waals surface area contributed by atoms with E-state index in [0.29, 0.717) is 34.8 Å². The summed E-state index contributed by atoms with van der Waals surface area (Å²) in [6.45, 7) is 13.1. The molecule has 0 spiro atoms. The van der Waals surface area contributed by atoms with E-state index in [1.165, 1.54) is 0 Å². The summed E-state index contributed by atoms with van der Waals surface area (Å²) in [6, 6.07) is 30.3. The Hall–Kier alpha value is -4.58. The number of carbonyl (C=O) groups is 2. The Labute approximate surface area is 255 Å². The Morgan fingerprint density at radius 1 is 0.651 bits per heavy atom. The second kappa shape index (κ2) is 13.2. The third-order valence-corrected chi connectivity index (χ3v) is 7.34. The molecule has 0 unspecified atom stereocenters. The Morgan fingerprint density at radius 2 is 1.14 bits per heavy atom. The van der Waals surface area contributed by atoms with Gasteiger partial charge in [-0.15, -0.1) is 0 Å². The molecule has 0 atom stereocenters. The van der Waals surface area contributed by atoms with E-state index in [2.05, 4.69) is 52.2 Å². The first-order chi connectivity index (χ1) is 20.3. The number of ether oxygens (including phenoxy) is 2. The largest absolute Gasteiger partial charge is 0.493 e. The predicted octanol–water partition coefficient (Wildman–Crippen LogP) is 7.73. The van der Waals surface area contributed by atoms with E-state index in [1.54, 1.807) is 19.2 Å². The van der Waals surface area contributed by atoms with Crippen LogP contribution in [0.25, 0.3) is 0 Å². The van der Waals surface area contributed by atoms with Crippen molar-refractivity contribution in [3.63, 3.8) is 0 Å². The third kappa shape index (κ3) is 8.25. The van der Waals surface area contributed by atoms with Crippen LogP contribution in [0.3, 0.4) is 0 Å². The maximum Gasteiger partial charge on any atom is 0.253 e. The van der Waals surface area contributed by atoms with E-state index in [9.17, 15) is 9.59 Å². The first-order valence-corrected chi connectivity index (χ1v) is 14.5. The molecular formula is C37H42N2O4. The molecular weight excluding hydrogens is 536 g/mol. The van der Waals surface area contributed by atoms with Gasteiger partial charge in [-0.3, -0.25) is 9.59 Å². The molecule has 0 saturated carbocycles. The summed E-state index contributed by atoms with van der Waals surface area (Å²) in [6.07, 6.45) is -0.838. The van der Waals surface area contributed by atoms with Crippen molar-refractivity contribution in [1.82, 2.24) is 10.6 Å². The molecule has 0 aliphatic rings. The van der Waals surface area contributed by atoms with Crippen LogP contribution in [0.1, 0.15) is 90.7 Å². The van der Waals surface area contributed by atoms with Gasteiger partial charge in [-0.05, 0) is 69.5 Å². The van der Waals surface area contributed by atoms with E-state index in [4.69, 9.17) is 9.47 Å². The van der Waals surface area contributed by atoms with Gasteiger partial charge in [0, 0.05) is 11.1 Å². The van der Waals surface area contributed by atoms with E-state index in [0.717, 1.165) is 16.7 Å². The van der Waals surface area contributed by atoms with E-state index < -0.39 is 6.17 Å². The normalized spacial score (nSPS) is 11.6. The van der Waals surface area contributed by atoms with Gasteiger partial charge < -0.3 is 20.1 Å². The molecule has 0 aromatic heterocycles. The zero-order chi connectivity index (χ0) is 31.2. The second-order valence-electron chi connectivity index (χ2n) is 12.7. The lowest BCUT2D eigenvalue weighted by atomic mass is 9.86. The highest BCUT2D eigenvalue weighted by atomic mass is 16.5. The molecule has 0 aliphatic heterocycles. The molecule has 0 bridgehead atoms. The lowest BCUT2D eigenvalue weighted by Gasteiger charge is -2.23. The topological polar surface area (TPSA) is 76.7 Å². The maximum absolute atomic E-state index is 13.5. The van der Waals surface area contributed by atoms with Crippen LogP contribution in [0.4, 0.5) is 0 Å². The van der Waals surface area contributed by atoms with Gasteiger partial charge in [-0.1, -0.05) is 102 Å². The number of hydrogen-bond donors (Lipinski definition) is 2. The average Bonchev–Trinajstić information content (AvgIpc) is 2.99. The molecule has 0 aliphatic carbocycles. The van der Waals surface area contributed by atoms with Gasteiger partial charge in [0.15, 0.2) is 11.5 Å². The molecule has 4 rings (SSSR count). The van der Waals surface area contributed by atoms with Crippen LogP contribution in [0.5, 0.6) is 11.5 Å². The quantitative estimate of drug-likeness (QED) is 0.199. The molecule has 4 aromatic rings. The van der Waals surface area contributed by atoms with E-state index in [1.807, 2.05) is 84.9 Å². The average molecular weight is 579 g/mol. The zero-order valence-corrected chi connectivity index (χ0v) is 26.2. The Morgan fingerprint density at radius 3 is 1.58 bits per heavy atom. The fourth-order valence-corrected chi connectivity index (χ4v) is 4.60. The predicted molar refractivity (Wildman–Crippen MR) is 172 cm³/mol. The Bertz CT molecular complexity index is 1460. The minimum absolute atomic E-state index is 0.0344. The van der Waals surface area contributed by atoms with Gasteiger partial charge in [-0.2, -0.15) is 0 Å². The van der Waals surface area contributed by atoms with Crippen molar-refractivity contribution < 1.29 is 19.1 Å². The summed E-state index contributed by atoms with van der Waals surface area (Å²) < 4.78 is 11.7. The molecule has 43 heavy (non-hydrogen) atoms. The molecule has 0 saturated heterocycles. The zero-order valence-electron chi connectivity index (χ0n) is 26.2. The number of rotatable bonds is 9. The molecule has 6 nitrogen and oxygen atoms in total. The number of carbonyl (C=O) groups excluding carboxylic acids is 2. The van der Waals surface area contributed by atoms with Crippen LogP contribution in [0, 0.1) is 0 Å². The molecule has 6 heteroatoms. The van der Waals surface area contributed by atoms with Gasteiger partial charge >= 0.3 is 0 Å². The summed E-state index contributed by atoms with van der Waals surface area (Å²) >= 11 is 0. The molecule has 0 heterocycles. The summed E-state index contributed by atoms with van der Waals surface area (Å²) in [5.41, 5.74) is 4.83. The monoisotopic (exact) mass is 578 g/mol. The van der Waals surface area contributed by atoms with Gasteiger partial charge in [0.25, 0.3) is 11.8 Å². The second-order valence-corrected chi connectivity index (χ2v) is 12.7. The summed E-state index contributed by atoms with van der Waals surface area (Å²) in [5, 5.41) is 6.03. The highest BCUT2D eigenvalue weighted by molar-refractivity contribution is 5.97. The first kappa shape index (κ1) is 31.4. The van der Waals surface area contributed by atoms with Gasteiger partial charge in [-0.25, -0.2) is 0 Å².